The topological polar surface area (TPSA) is 84.5 Å². The van der Waals surface area contributed by atoms with E-state index in [0.29, 0.717) is 17.8 Å². The maximum Gasteiger partial charge on any atom is 0.340 e. The van der Waals surface area contributed by atoms with Crippen molar-refractivity contribution in [2.75, 3.05) is 18.5 Å². The second kappa shape index (κ2) is 11.0. The predicted molar refractivity (Wildman–Crippen MR) is 115 cm³/mol. The largest absolute Gasteiger partial charge is 0.452 e. The number of nitrogens with one attached hydrogen (secondary N) is 2. The number of carbonyl (C=O) groups excluding carboxylic acids is 3. The smallest absolute Gasteiger partial charge is 0.340 e. The third-order valence-corrected chi connectivity index (χ3v) is 4.92. The summed E-state index contributed by atoms with van der Waals surface area (Å²) in [6, 6.07) is 15.3. The molecule has 2 amide bonds. The fourth-order valence-corrected chi connectivity index (χ4v) is 3.31. The number of esters is 1. The van der Waals surface area contributed by atoms with E-state index in [-0.39, 0.29) is 24.0 Å². The maximum absolute atomic E-state index is 12.4. The van der Waals surface area contributed by atoms with Crippen molar-refractivity contribution in [1.82, 2.24) is 5.32 Å². The predicted octanol–water partition coefficient (Wildman–Crippen LogP) is 4.10. The zero-order valence-electron chi connectivity index (χ0n) is 16.9. The van der Waals surface area contributed by atoms with Crippen LogP contribution in [0.15, 0.2) is 66.2 Å². The van der Waals surface area contributed by atoms with Crippen molar-refractivity contribution in [2.45, 2.75) is 32.1 Å². The first-order valence-electron chi connectivity index (χ1n) is 10.2. The number of para-hydroxylation sites is 1. The van der Waals surface area contributed by atoms with E-state index in [4.69, 9.17) is 4.74 Å². The number of ether oxygens (including phenoxy) is 1. The van der Waals surface area contributed by atoms with Crippen LogP contribution in [-0.2, 0) is 9.53 Å². The van der Waals surface area contributed by atoms with Crippen molar-refractivity contribution in [3.8, 4) is 0 Å². The van der Waals surface area contributed by atoms with Gasteiger partial charge in [-0.2, -0.15) is 0 Å². The van der Waals surface area contributed by atoms with E-state index in [1.807, 2.05) is 6.07 Å². The van der Waals surface area contributed by atoms with Crippen LogP contribution in [0.25, 0.3) is 0 Å². The van der Waals surface area contributed by atoms with E-state index >= 15 is 0 Å². The third kappa shape index (κ3) is 6.30. The highest BCUT2D eigenvalue weighted by atomic mass is 16.5. The molecule has 6 heteroatoms. The molecule has 0 radical (unpaired) electrons. The van der Waals surface area contributed by atoms with Crippen LogP contribution in [0.5, 0.6) is 0 Å². The number of benzene rings is 2. The van der Waals surface area contributed by atoms with E-state index in [9.17, 15) is 14.4 Å². The molecule has 6 nitrogen and oxygen atoms in total. The number of hydrogen-bond donors (Lipinski definition) is 2. The van der Waals surface area contributed by atoms with Crippen LogP contribution >= 0.6 is 0 Å². The minimum atomic E-state index is -0.663. The van der Waals surface area contributed by atoms with Crippen LogP contribution in [0.4, 0.5) is 5.69 Å². The van der Waals surface area contributed by atoms with E-state index in [0.717, 1.165) is 19.3 Å². The van der Waals surface area contributed by atoms with Gasteiger partial charge in [0.15, 0.2) is 6.61 Å². The van der Waals surface area contributed by atoms with Gasteiger partial charge in [-0.3, -0.25) is 9.59 Å². The van der Waals surface area contributed by atoms with Crippen LogP contribution in [0.3, 0.4) is 0 Å². The quantitative estimate of drug-likeness (QED) is 0.511. The number of allylic oxidation sites excluding steroid dienone is 1. The van der Waals surface area contributed by atoms with Crippen molar-refractivity contribution in [3.05, 3.63) is 77.4 Å². The summed E-state index contributed by atoms with van der Waals surface area (Å²) in [5.41, 5.74) is 2.39. The average molecular weight is 406 g/mol. The van der Waals surface area contributed by atoms with Gasteiger partial charge in [0.05, 0.1) is 11.3 Å². The molecule has 2 N–H and O–H groups in total. The zero-order valence-corrected chi connectivity index (χ0v) is 16.9. The Morgan fingerprint density at radius 3 is 2.47 bits per heavy atom. The molecule has 0 bridgehead atoms. The summed E-state index contributed by atoms with van der Waals surface area (Å²) < 4.78 is 5.14. The lowest BCUT2D eigenvalue weighted by Gasteiger charge is -2.13. The molecule has 1 aliphatic rings. The Balaban J connectivity index is 1.49. The van der Waals surface area contributed by atoms with E-state index < -0.39 is 5.97 Å². The van der Waals surface area contributed by atoms with E-state index in [2.05, 4.69) is 16.7 Å². The molecule has 0 saturated heterocycles. The zero-order chi connectivity index (χ0) is 21.2. The molecule has 1 aliphatic carbocycles. The Morgan fingerprint density at radius 2 is 1.70 bits per heavy atom. The third-order valence-electron chi connectivity index (χ3n) is 4.92. The molecule has 3 rings (SSSR count). The van der Waals surface area contributed by atoms with Gasteiger partial charge in [0.2, 0.25) is 0 Å². The molecule has 0 saturated carbocycles. The monoisotopic (exact) mass is 406 g/mol. The summed E-state index contributed by atoms with van der Waals surface area (Å²) in [6.07, 6.45) is 7.72. The summed E-state index contributed by atoms with van der Waals surface area (Å²) >= 11 is 0. The fourth-order valence-electron chi connectivity index (χ4n) is 3.31. The Kier molecular flexibility index (Phi) is 7.78. The Labute approximate surface area is 176 Å². The molecule has 0 aliphatic heterocycles. The number of carbonyl (C=O) groups is 3. The lowest BCUT2D eigenvalue weighted by atomic mass is 9.97. The first-order chi connectivity index (χ1) is 14.6. The molecule has 0 unspecified atom stereocenters. The normalized spacial score (nSPS) is 13.1. The lowest BCUT2D eigenvalue weighted by Crippen LogP contribution is -2.30. The second-order valence-electron chi connectivity index (χ2n) is 7.15. The molecule has 30 heavy (non-hydrogen) atoms. The van der Waals surface area contributed by atoms with Gasteiger partial charge in [0.1, 0.15) is 0 Å². The molecule has 0 atom stereocenters. The molecule has 0 aromatic heterocycles. The first-order valence-corrected chi connectivity index (χ1v) is 10.2. The summed E-state index contributed by atoms with van der Waals surface area (Å²) in [5.74, 6) is -1.33. The van der Waals surface area contributed by atoms with E-state index in [1.165, 1.54) is 18.4 Å². The van der Waals surface area contributed by atoms with Gasteiger partial charge in [-0.05, 0) is 56.4 Å². The summed E-state index contributed by atoms with van der Waals surface area (Å²) in [7, 11) is 0. The van der Waals surface area contributed by atoms with Crippen molar-refractivity contribution in [1.29, 1.82) is 0 Å². The van der Waals surface area contributed by atoms with Crippen molar-refractivity contribution >= 4 is 23.5 Å². The van der Waals surface area contributed by atoms with Crippen LogP contribution in [0.2, 0.25) is 0 Å². The molecule has 2 aromatic rings. The van der Waals surface area contributed by atoms with Crippen LogP contribution in [0.1, 0.15) is 52.8 Å². The molecular weight excluding hydrogens is 380 g/mol. The second-order valence-corrected chi connectivity index (χ2v) is 7.15. The Hall–Kier alpha value is -3.41. The summed E-state index contributed by atoms with van der Waals surface area (Å²) in [6.45, 7) is 0.171. The van der Waals surface area contributed by atoms with Gasteiger partial charge in [-0.15, -0.1) is 0 Å². The molecule has 2 aromatic carbocycles. The molecular formula is C24H26N2O4. The molecule has 0 heterocycles. The molecule has 156 valence electrons. The standard InChI is InChI=1S/C24H26N2O4/c27-22(25-16-15-18-9-3-1-4-10-18)17-30-24(29)20-13-7-8-14-21(20)26-23(28)19-11-5-2-6-12-19/h2,5-9,11-14H,1,3-4,10,15-17H2,(H,25,27)(H,26,28). The van der Waals surface area contributed by atoms with Crippen molar-refractivity contribution in [2.24, 2.45) is 0 Å². The highest BCUT2D eigenvalue weighted by molar-refractivity contribution is 6.08. The molecule has 0 spiro atoms. The Bertz CT molecular complexity index is 922. The average Bonchev–Trinajstić information content (AvgIpc) is 2.79. The lowest BCUT2D eigenvalue weighted by molar-refractivity contribution is -0.124. The van der Waals surface area contributed by atoms with Gasteiger partial charge in [-0.1, -0.05) is 42.0 Å². The highest BCUT2D eigenvalue weighted by Gasteiger charge is 2.16. The number of anilines is 1. The van der Waals surface area contributed by atoms with Gasteiger partial charge >= 0.3 is 5.97 Å². The van der Waals surface area contributed by atoms with Gasteiger partial charge < -0.3 is 15.4 Å². The van der Waals surface area contributed by atoms with Gasteiger partial charge in [-0.25, -0.2) is 4.79 Å². The maximum atomic E-state index is 12.4. The number of amides is 2. The van der Waals surface area contributed by atoms with Gasteiger partial charge in [0.25, 0.3) is 11.8 Å². The highest BCUT2D eigenvalue weighted by Crippen LogP contribution is 2.19. The minimum Gasteiger partial charge on any atom is -0.452 e. The van der Waals surface area contributed by atoms with Gasteiger partial charge in [0, 0.05) is 12.1 Å². The molecule has 0 fully saturated rings. The first kappa shape index (κ1) is 21.3. The van der Waals surface area contributed by atoms with Crippen LogP contribution in [0, 0.1) is 0 Å². The Morgan fingerprint density at radius 1 is 0.933 bits per heavy atom. The summed E-state index contributed by atoms with van der Waals surface area (Å²) in [5, 5.41) is 5.50. The van der Waals surface area contributed by atoms with E-state index in [1.54, 1.807) is 48.5 Å². The van der Waals surface area contributed by atoms with Crippen LogP contribution in [-0.4, -0.2) is 30.9 Å². The number of hydrogen-bond acceptors (Lipinski definition) is 4. The number of rotatable bonds is 8. The summed E-state index contributed by atoms with van der Waals surface area (Å²) in [4.78, 5) is 36.8. The van der Waals surface area contributed by atoms with Crippen LogP contribution < -0.4 is 10.6 Å². The fraction of sp³-hybridized carbons (Fsp3) is 0.292. The van der Waals surface area contributed by atoms with Crippen molar-refractivity contribution in [3.63, 3.8) is 0 Å². The van der Waals surface area contributed by atoms with Crippen molar-refractivity contribution < 1.29 is 19.1 Å². The SMILES string of the molecule is O=C(COC(=O)c1ccccc1NC(=O)c1ccccc1)NCCC1=CCCCC1. The minimum absolute atomic E-state index is 0.196.